The highest BCUT2D eigenvalue weighted by molar-refractivity contribution is 6.30. The maximum Gasteiger partial charge on any atom is 0.376 e. The van der Waals surface area contributed by atoms with E-state index in [9.17, 15) is 4.79 Å². The lowest BCUT2D eigenvalue weighted by Gasteiger charge is -2.39. The Hall–Kier alpha value is -2.04. The summed E-state index contributed by atoms with van der Waals surface area (Å²) >= 11 is 6.04. The molecule has 0 aromatic heterocycles. The minimum absolute atomic E-state index is 0.514. The van der Waals surface area contributed by atoms with Crippen molar-refractivity contribution in [2.75, 3.05) is 7.11 Å². The average Bonchev–Trinajstić information content (AvgIpc) is 2.54. The molecule has 4 nitrogen and oxygen atoms in total. The number of carbonyl (C=O) groups is 1. The van der Waals surface area contributed by atoms with E-state index in [1.165, 1.54) is 7.11 Å². The third-order valence-corrected chi connectivity index (χ3v) is 3.99. The molecule has 0 radical (unpaired) electrons. The van der Waals surface area contributed by atoms with Gasteiger partial charge in [-0.05, 0) is 24.6 Å². The van der Waals surface area contributed by atoms with Gasteiger partial charge in [0, 0.05) is 10.6 Å². The van der Waals surface area contributed by atoms with Gasteiger partial charge in [0.1, 0.15) is 11.4 Å². The van der Waals surface area contributed by atoms with Gasteiger partial charge in [-0.1, -0.05) is 48.0 Å². The summed E-state index contributed by atoms with van der Waals surface area (Å²) in [5.41, 5.74) is 0.886. The minimum Gasteiger partial charge on any atom is -0.464 e. The van der Waals surface area contributed by atoms with Crippen LogP contribution in [0.25, 0.3) is 0 Å². The van der Waals surface area contributed by atoms with Crippen molar-refractivity contribution in [2.24, 2.45) is 0 Å². The zero-order valence-corrected chi connectivity index (χ0v) is 13.0. The first-order chi connectivity index (χ1) is 10.5. The van der Waals surface area contributed by atoms with Gasteiger partial charge in [0.2, 0.25) is 0 Å². The van der Waals surface area contributed by atoms with Gasteiger partial charge in [-0.15, -0.1) is 0 Å². The number of methoxy groups -OCH3 is 1. The number of fused-ring (bicyclic) bond motifs is 1. The van der Waals surface area contributed by atoms with E-state index in [2.05, 4.69) is 0 Å². The average molecular weight is 319 g/mol. The van der Waals surface area contributed by atoms with Crippen molar-refractivity contribution in [3.05, 3.63) is 64.7 Å². The molecule has 0 bridgehead atoms. The monoisotopic (exact) mass is 318 g/mol. The molecule has 2 unspecified atom stereocenters. The Bertz CT molecular complexity index is 701. The first-order valence-electron chi connectivity index (χ1n) is 6.82. The first kappa shape index (κ1) is 14.9. The normalized spacial score (nSPS) is 23.3. The third-order valence-electron chi connectivity index (χ3n) is 3.75. The van der Waals surface area contributed by atoms with Crippen LogP contribution in [0, 0.1) is 0 Å². The molecule has 0 N–H and O–H groups in total. The van der Waals surface area contributed by atoms with E-state index < -0.39 is 17.9 Å². The summed E-state index contributed by atoms with van der Waals surface area (Å²) in [7, 11) is 1.29. The van der Waals surface area contributed by atoms with E-state index in [1.807, 2.05) is 43.3 Å². The molecule has 1 aliphatic rings. The highest BCUT2D eigenvalue weighted by Gasteiger charge is 2.43. The summed E-state index contributed by atoms with van der Waals surface area (Å²) < 4.78 is 16.3. The van der Waals surface area contributed by atoms with Crippen LogP contribution in [0.1, 0.15) is 18.1 Å². The number of benzene rings is 2. The predicted octanol–water partition coefficient (Wildman–Crippen LogP) is 3.51. The summed E-state index contributed by atoms with van der Waals surface area (Å²) in [4.78, 5) is 11.9. The minimum atomic E-state index is -1.14. The van der Waals surface area contributed by atoms with E-state index in [-0.39, 0.29) is 0 Å². The van der Waals surface area contributed by atoms with E-state index in [1.54, 1.807) is 12.1 Å². The molecular weight excluding hydrogens is 304 g/mol. The van der Waals surface area contributed by atoms with Gasteiger partial charge in [0.15, 0.2) is 0 Å². The van der Waals surface area contributed by atoms with Crippen molar-refractivity contribution < 1.29 is 19.0 Å². The van der Waals surface area contributed by atoms with E-state index >= 15 is 0 Å². The Morgan fingerprint density at radius 2 is 1.95 bits per heavy atom. The summed E-state index contributed by atoms with van der Waals surface area (Å²) in [5, 5.41) is 0.527. The van der Waals surface area contributed by atoms with Crippen molar-refractivity contribution in [1.29, 1.82) is 0 Å². The molecule has 0 saturated heterocycles. The van der Waals surface area contributed by atoms with Gasteiger partial charge in [0.05, 0.1) is 7.11 Å². The van der Waals surface area contributed by atoms with E-state index in [4.69, 9.17) is 25.8 Å². The van der Waals surface area contributed by atoms with Crippen LogP contribution in [0.4, 0.5) is 0 Å². The molecule has 114 valence electrons. The lowest BCUT2D eigenvalue weighted by atomic mass is 9.86. The highest BCUT2D eigenvalue weighted by Crippen LogP contribution is 2.44. The lowest BCUT2D eigenvalue weighted by molar-refractivity contribution is -0.203. The van der Waals surface area contributed by atoms with Crippen LogP contribution in [0.15, 0.2) is 48.5 Å². The molecule has 0 saturated carbocycles. The van der Waals surface area contributed by atoms with Crippen LogP contribution < -0.4 is 4.74 Å². The standard InChI is InChI=1S/C17H15ClO4/c1-17(11-6-4-3-5-7-11)13-9-8-12(18)10-14(13)21-16(22-17)15(19)20-2/h3-10,16H,1-2H3. The molecule has 1 heterocycles. The summed E-state index contributed by atoms with van der Waals surface area (Å²) in [5.74, 6) is -0.0757. The second kappa shape index (κ2) is 5.63. The Kier molecular flexibility index (Phi) is 3.81. The zero-order chi connectivity index (χ0) is 15.7. The Balaban J connectivity index is 2.14. The molecule has 0 amide bonds. The molecule has 0 fully saturated rings. The molecule has 0 spiro atoms. The Morgan fingerprint density at radius 1 is 1.23 bits per heavy atom. The molecule has 1 aliphatic heterocycles. The number of halogens is 1. The Labute approximate surface area is 133 Å². The quantitative estimate of drug-likeness (QED) is 0.795. The van der Waals surface area contributed by atoms with Crippen LogP contribution in [0.5, 0.6) is 5.75 Å². The maximum atomic E-state index is 11.9. The van der Waals surface area contributed by atoms with Gasteiger partial charge < -0.3 is 14.2 Å². The second-order valence-electron chi connectivity index (χ2n) is 5.13. The van der Waals surface area contributed by atoms with Gasteiger partial charge in [-0.2, -0.15) is 0 Å². The first-order valence-corrected chi connectivity index (χ1v) is 7.20. The molecule has 2 aromatic carbocycles. The molecule has 3 rings (SSSR count). The van der Waals surface area contributed by atoms with Crippen molar-refractivity contribution in [1.82, 2.24) is 0 Å². The number of hydrogen-bond donors (Lipinski definition) is 0. The van der Waals surface area contributed by atoms with Crippen LogP contribution >= 0.6 is 11.6 Å². The number of ether oxygens (including phenoxy) is 3. The fraction of sp³-hybridized carbons (Fsp3) is 0.235. The molecule has 2 atom stereocenters. The van der Waals surface area contributed by atoms with Crippen molar-refractivity contribution in [3.8, 4) is 5.75 Å². The fourth-order valence-corrected chi connectivity index (χ4v) is 2.74. The number of esters is 1. The van der Waals surface area contributed by atoms with Gasteiger partial charge in [0.25, 0.3) is 0 Å². The highest BCUT2D eigenvalue weighted by atomic mass is 35.5. The van der Waals surface area contributed by atoms with Gasteiger partial charge >= 0.3 is 12.3 Å². The second-order valence-corrected chi connectivity index (χ2v) is 5.57. The van der Waals surface area contributed by atoms with E-state index in [0.29, 0.717) is 10.8 Å². The van der Waals surface area contributed by atoms with E-state index in [0.717, 1.165) is 11.1 Å². The van der Waals surface area contributed by atoms with Gasteiger partial charge in [-0.25, -0.2) is 4.79 Å². The number of carbonyl (C=O) groups excluding carboxylic acids is 1. The van der Waals surface area contributed by atoms with Crippen LogP contribution in [0.3, 0.4) is 0 Å². The van der Waals surface area contributed by atoms with Crippen molar-refractivity contribution in [3.63, 3.8) is 0 Å². The Morgan fingerprint density at radius 3 is 2.64 bits per heavy atom. The lowest BCUT2D eigenvalue weighted by Crippen LogP contribution is -2.44. The summed E-state index contributed by atoms with van der Waals surface area (Å²) in [6, 6.07) is 14.9. The molecular formula is C17H15ClO4. The van der Waals surface area contributed by atoms with Crippen molar-refractivity contribution >= 4 is 17.6 Å². The summed E-state index contributed by atoms with van der Waals surface area (Å²) in [6.07, 6.45) is -1.14. The van der Waals surface area contributed by atoms with Crippen molar-refractivity contribution in [2.45, 2.75) is 18.8 Å². The fourth-order valence-electron chi connectivity index (χ4n) is 2.58. The number of hydrogen-bond acceptors (Lipinski definition) is 4. The van der Waals surface area contributed by atoms with Gasteiger partial charge in [-0.3, -0.25) is 0 Å². The number of rotatable bonds is 2. The van der Waals surface area contributed by atoms with Crippen LogP contribution in [-0.4, -0.2) is 19.4 Å². The SMILES string of the molecule is COC(=O)C1Oc2cc(Cl)ccc2C(C)(c2ccccc2)O1. The molecule has 0 aliphatic carbocycles. The molecule has 2 aromatic rings. The topological polar surface area (TPSA) is 44.8 Å². The third kappa shape index (κ3) is 2.45. The maximum absolute atomic E-state index is 11.9. The molecule has 5 heteroatoms. The van der Waals surface area contributed by atoms with Crippen LogP contribution in [0.2, 0.25) is 5.02 Å². The predicted molar refractivity (Wildman–Crippen MR) is 81.9 cm³/mol. The van der Waals surface area contributed by atoms with Crippen LogP contribution in [-0.2, 0) is 19.9 Å². The zero-order valence-electron chi connectivity index (χ0n) is 12.2. The molecule has 22 heavy (non-hydrogen) atoms. The largest absolute Gasteiger partial charge is 0.464 e. The summed E-state index contributed by atoms with van der Waals surface area (Å²) in [6.45, 7) is 1.90. The smallest absolute Gasteiger partial charge is 0.376 e.